The number of carbonyl (C=O) groups excluding carboxylic acids is 2. The fraction of sp³-hybridized carbons (Fsp3) is 0.600. The standard InChI is InChI=1S/C20H31N3O2/c1-6-22(7-2)17-8-9-18(15(5)10-17)23-13-16(11-19(23)24)20(25)21-12-14(3)4/h8-10,14,16H,6-7,11-13H2,1-5H3,(H,21,25). The van der Waals surface area contributed by atoms with E-state index in [-0.39, 0.29) is 17.7 Å². The molecule has 1 aliphatic rings. The van der Waals surface area contributed by atoms with Crippen molar-refractivity contribution in [1.29, 1.82) is 0 Å². The SMILES string of the molecule is CCN(CC)c1ccc(N2CC(C(=O)NCC(C)C)CC2=O)c(C)c1. The molecule has 2 rings (SSSR count). The number of aryl methyl sites for hydroxylation is 1. The fourth-order valence-corrected chi connectivity index (χ4v) is 3.29. The van der Waals surface area contributed by atoms with Gasteiger partial charge in [0.25, 0.3) is 0 Å². The number of carbonyl (C=O) groups is 2. The van der Waals surface area contributed by atoms with Crippen LogP contribution in [0.15, 0.2) is 18.2 Å². The fourth-order valence-electron chi connectivity index (χ4n) is 3.29. The topological polar surface area (TPSA) is 52.6 Å². The Labute approximate surface area is 151 Å². The van der Waals surface area contributed by atoms with Crippen molar-refractivity contribution in [1.82, 2.24) is 5.32 Å². The van der Waals surface area contributed by atoms with E-state index in [0.29, 0.717) is 25.4 Å². The Hall–Kier alpha value is -2.04. The summed E-state index contributed by atoms with van der Waals surface area (Å²) in [6, 6.07) is 6.20. The van der Waals surface area contributed by atoms with Crippen molar-refractivity contribution < 1.29 is 9.59 Å². The molecule has 0 aliphatic carbocycles. The van der Waals surface area contributed by atoms with Crippen molar-refractivity contribution in [2.24, 2.45) is 11.8 Å². The van der Waals surface area contributed by atoms with Crippen LogP contribution in [0, 0.1) is 18.8 Å². The Morgan fingerprint density at radius 1 is 1.32 bits per heavy atom. The molecule has 138 valence electrons. The van der Waals surface area contributed by atoms with Gasteiger partial charge in [-0.15, -0.1) is 0 Å². The summed E-state index contributed by atoms with van der Waals surface area (Å²) in [6.07, 6.45) is 0.293. The van der Waals surface area contributed by atoms with E-state index in [4.69, 9.17) is 0 Å². The molecule has 5 nitrogen and oxygen atoms in total. The number of amides is 2. The molecule has 0 saturated carbocycles. The van der Waals surface area contributed by atoms with Gasteiger partial charge in [0.05, 0.1) is 5.92 Å². The van der Waals surface area contributed by atoms with Gasteiger partial charge in [0, 0.05) is 44.0 Å². The molecule has 25 heavy (non-hydrogen) atoms. The minimum Gasteiger partial charge on any atom is -0.372 e. The van der Waals surface area contributed by atoms with Crippen molar-refractivity contribution in [2.45, 2.75) is 41.0 Å². The molecule has 0 bridgehead atoms. The minimum absolute atomic E-state index is 0.0121. The van der Waals surface area contributed by atoms with Gasteiger partial charge in [-0.2, -0.15) is 0 Å². The molecule has 1 N–H and O–H groups in total. The van der Waals surface area contributed by atoms with Gasteiger partial charge in [-0.25, -0.2) is 0 Å². The molecule has 1 aliphatic heterocycles. The number of anilines is 2. The van der Waals surface area contributed by atoms with Gasteiger partial charge in [-0.05, 0) is 50.5 Å². The van der Waals surface area contributed by atoms with E-state index in [9.17, 15) is 9.59 Å². The molecular weight excluding hydrogens is 314 g/mol. The lowest BCUT2D eigenvalue weighted by Crippen LogP contribution is -2.35. The molecule has 0 aromatic heterocycles. The third-order valence-corrected chi connectivity index (χ3v) is 4.78. The quantitative estimate of drug-likeness (QED) is 0.826. The van der Waals surface area contributed by atoms with Crippen molar-refractivity contribution in [2.75, 3.05) is 36.0 Å². The van der Waals surface area contributed by atoms with E-state index in [1.165, 1.54) is 5.69 Å². The Morgan fingerprint density at radius 3 is 2.56 bits per heavy atom. The van der Waals surface area contributed by atoms with Gasteiger partial charge in [0.2, 0.25) is 11.8 Å². The van der Waals surface area contributed by atoms with E-state index in [1.54, 1.807) is 4.90 Å². The molecule has 1 fully saturated rings. The van der Waals surface area contributed by atoms with Gasteiger partial charge < -0.3 is 15.1 Å². The van der Waals surface area contributed by atoms with Crippen LogP contribution in [-0.2, 0) is 9.59 Å². The summed E-state index contributed by atoms with van der Waals surface area (Å²) in [5.41, 5.74) is 3.16. The summed E-state index contributed by atoms with van der Waals surface area (Å²) >= 11 is 0. The molecule has 1 aromatic carbocycles. The van der Waals surface area contributed by atoms with Gasteiger partial charge in [0.1, 0.15) is 0 Å². The maximum atomic E-state index is 12.4. The third kappa shape index (κ3) is 4.53. The molecule has 0 radical (unpaired) electrons. The Balaban J connectivity index is 2.11. The largest absolute Gasteiger partial charge is 0.372 e. The Bertz CT molecular complexity index is 623. The van der Waals surface area contributed by atoms with Crippen LogP contribution in [0.4, 0.5) is 11.4 Å². The first kappa shape index (κ1) is 19.3. The highest BCUT2D eigenvalue weighted by molar-refractivity contribution is 6.01. The van der Waals surface area contributed by atoms with Gasteiger partial charge >= 0.3 is 0 Å². The summed E-state index contributed by atoms with van der Waals surface area (Å²) in [4.78, 5) is 28.8. The highest BCUT2D eigenvalue weighted by atomic mass is 16.2. The van der Waals surface area contributed by atoms with Crippen LogP contribution < -0.4 is 15.1 Å². The minimum atomic E-state index is -0.256. The summed E-state index contributed by atoms with van der Waals surface area (Å²) < 4.78 is 0. The first-order valence-corrected chi connectivity index (χ1v) is 9.31. The van der Waals surface area contributed by atoms with E-state index in [2.05, 4.69) is 50.0 Å². The Kier molecular flexibility index (Phi) is 6.45. The second-order valence-corrected chi connectivity index (χ2v) is 7.19. The van der Waals surface area contributed by atoms with Gasteiger partial charge in [0.15, 0.2) is 0 Å². The lowest BCUT2D eigenvalue weighted by Gasteiger charge is -2.24. The zero-order valence-corrected chi connectivity index (χ0v) is 16.1. The van der Waals surface area contributed by atoms with Crippen LogP contribution in [0.1, 0.15) is 39.7 Å². The predicted molar refractivity (Wildman–Crippen MR) is 103 cm³/mol. The number of benzene rings is 1. The lowest BCUT2D eigenvalue weighted by atomic mass is 10.1. The summed E-state index contributed by atoms with van der Waals surface area (Å²) in [6.45, 7) is 13.5. The molecule has 2 amide bonds. The molecule has 1 heterocycles. The third-order valence-electron chi connectivity index (χ3n) is 4.78. The smallest absolute Gasteiger partial charge is 0.227 e. The second-order valence-electron chi connectivity index (χ2n) is 7.19. The lowest BCUT2D eigenvalue weighted by molar-refractivity contribution is -0.126. The second kappa shape index (κ2) is 8.37. The number of rotatable bonds is 7. The summed E-state index contributed by atoms with van der Waals surface area (Å²) in [5, 5.41) is 2.95. The van der Waals surface area contributed by atoms with E-state index in [0.717, 1.165) is 24.3 Å². The maximum absolute atomic E-state index is 12.4. The first-order chi connectivity index (χ1) is 11.9. The molecule has 1 saturated heterocycles. The van der Waals surface area contributed by atoms with Crippen molar-refractivity contribution in [3.05, 3.63) is 23.8 Å². The van der Waals surface area contributed by atoms with Crippen molar-refractivity contribution in [3.8, 4) is 0 Å². The number of nitrogens with one attached hydrogen (secondary N) is 1. The van der Waals surface area contributed by atoms with E-state index >= 15 is 0 Å². The van der Waals surface area contributed by atoms with Crippen LogP contribution >= 0.6 is 0 Å². The van der Waals surface area contributed by atoms with Gasteiger partial charge in [-0.1, -0.05) is 13.8 Å². The molecule has 1 atom stereocenters. The number of nitrogens with zero attached hydrogens (tertiary/aromatic N) is 2. The number of hydrogen-bond acceptors (Lipinski definition) is 3. The van der Waals surface area contributed by atoms with Crippen LogP contribution in [0.25, 0.3) is 0 Å². The predicted octanol–water partition coefficient (Wildman–Crippen LogP) is 2.97. The first-order valence-electron chi connectivity index (χ1n) is 9.31. The molecular formula is C20H31N3O2. The average Bonchev–Trinajstić information content (AvgIpc) is 2.95. The van der Waals surface area contributed by atoms with Crippen molar-refractivity contribution >= 4 is 23.2 Å². The van der Waals surface area contributed by atoms with Crippen LogP contribution in [0.2, 0.25) is 0 Å². The zero-order valence-electron chi connectivity index (χ0n) is 16.1. The van der Waals surface area contributed by atoms with E-state index in [1.807, 2.05) is 13.0 Å². The molecule has 5 heteroatoms. The van der Waals surface area contributed by atoms with E-state index < -0.39 is 0 Å². The Morgan fingerprint density at radius 2 is 2.00 bits per heavy atom. The maximum Gasteiger partial charge on any atom is 0.227 e. The van der Waals surface area contributed by atoms with Crippen LogP contribution in [0.5, 0.6) is 0 Å². The average molecular weight is 345 g/mol. The molecule has 1 aromatic rings. The number of hydrogen-bond donors (Lipinski definition) is 1. The van der Waals surface area contributed by atoms with Crippen LogP contribution in [-0.4, -0.2) is 38.0 Å². The van der Waals surface area contributed by atoms with Crippen LogP contribution in [0.3, 0.4) is 0 Å². The summed E-state index contributed by atoms with van der Waals surface area (Å²) in [5.74, 6) is 0.172. The highest BCUT2D eigenvalue weighted by Crippen LogP contribution is 2.30. The highest BCUT2D eigenvalue weighted by Gasteiger charge is 2.35. The summed E-state index contributed by atoms with van der Waals surface area (Å²) in [7, 11) is 0. The van der Waals surface area contributed by atoms with Gasteiger partial charge in [-0.3, -0.25) is 9.59 Å². The normalized spacial score (nSPS) is 17.3. The van der Waals surface area contributed by atoms with Crippen molar-refractivity contribution in [3.63, 3.8) is 0 Å². The molecule has 1 unspecified atom stereocenters. The zero-order chi connectivity index (χ0) is 18.6. The molecule has 0 spiro atoms. The monoisotopic (exact) mass is 345 g/mol.